The van der Waals surface area contributed by atoms with Gasteiger partial charge in [0.05, 0.1) is 6.04 Å². The van der Waals surface area contributed by atoms with Crippen LogP contribution in [0.1, 0.15) is 30.9 Å². The quantitative estimate of drug-likeness (QED) is 0.306. The van der Waals surface area contributed by atoms with Crippen LogP contribution in [-0.2, 0) is 27.2 Å². The van der Waals surface area contributed by atoms with Crippen LogP contribution < -0.4 is 16.0 Å². The van der Waals surface area contributed by atoms with Gasteiger partial charge < -0.3 is 16.0 Å². The molecule has 0 aromatic heterocycles. The molecule has 0 unspecified atom stereocenters. The Labute approximate surface area is 229 Å². The number of ketones is 1. The summed E-state index contributed by atoms with van der Waals surface area (Å²) < 4.78 is 0. The average molecular weight is 522 g/mol. The number of nitrogens with one attached hydrogen (secondary N) is 3. The Morgan fingerprint density at radius 2 is 1.23 bits per heavy atom. The predicted molar refractivity (Wildman–Crippen MR) is 155 cm³/mol. The first-order chi connectivity index (χ1) is 19.0. The first kappa shape index (κ1) is 26.6. The van der Waals surface area contributed by atoms with Gasteiger partial charge in [-0.05, 0) is 71.9 Å². The summed E-state index contributed by atoms with van der Waals surface area (Å²) in [7, 11) is 0. The standard InChI is InChI=1S/C33H35N3O3/c1-22(37)30(20-23-10-12-25-6-2-4-8-28(25)18-23)35-33(39)31(36-32(38)27-14-16-34-17-15-27)21-24-11-13-26-7-3-5-9-29(26)19-24/h2-13,18-19,27,30-31,34H,14-17,20-21H2,1H3,(H,35,39)(H,36,38)/t30-,31-/m1/s1. The molecule has 4 aromatic rings. The number of piperidine rings is 1. The van der Waals surface area contributed by atoms with Crippen LogP contribution in [0.15, 0.2) is 84.9 Å². The third kappa shape index (κ3) is 6.70. The van der Waals surface area contributed by atoms with E-state index < -0.39 is 12.1 Å². The lowest BCUT2D eigenvalue weighted by atomic mass is 9.95. The molecule has 0 saturated carbocycles. The summed E-state index contributed by atoms with van der Waals surface area (Å²) in [6, 6.07) is 26.8. The van der Waals surface area contributed by atoms with Crippen LogP contribution in [0.3, 0.4) is 0 Å². The van der Waals surface area contributed by atoms with Gasteiger partial charge in [-0.25, -0.2) is 0 Å². The maximum absolute atomic E-state index is 13.7. The molecule has 1 fully saturated rings. The lowest BCUT2D eigenvalue weighted by Crippen LogP contribution is -2.54. The monoisotopic (exact) mass is 521 g/mol. The Kier molecular flexibility index (Phi) is 8.33. The summed E-state index contributed by atoms with van der Waals surface area (Å²) in [6.07, 6.45) is 2.22. The van der Waals surface area contributed by atoms with Crippen molar-refractivity contribution in [2.24, 2.45) is 5.92 Å². The van der Waals surface area contributed by atoms with Crippen molar-refractivity contribution in [3.05, 3.63) is 96.1 Å². The first-order valence-electron chi connectivity index (χ1n) is 13.7. The normalized spacial score (nSPS) is 15.5. The van der Waals surface area contributed by atoms with Crippen LogP contribution in [0.25, 0.3) is 21.5 Å². The zero-order valence-corrected chi connectivity index (χ0v) is 22.3. The van der Waals surface area contributed by atoms with Crippen molar-refractivity contribution >= 4 is 39.1 Å². The highest BCUT2D eigenvalue weighted by Gasteiger charge is 2.29. The lowest BCUT2D eigenvalue weighted by molar-refractivity contribution is -0.132. The summed E-state index contributed by atoms with van der Waals surface area (Å²) in [6.45, 7) is 3.08. The third-order valence-corrected chi connectivity index (χ3v) is 7.66. The maximum Gasteiger partial charge on any atom is 0.243 e. The Morgan fingerprint density at radius 3 is 1.77 bits per heavy atom. The van der Waals surface area contributed by atoms with E-state index in [1.165, 1.54) is 6.92 Å². The number of carbonyl (C=O) groups is 3. The number of benzene rings is 4. The smallest absolute Gasteiger partial charge is 0.243 e. The van der Waals surface area contributed by atoms with Gasteiger partial charge in [-0.2, -0.15) is 0 Å². The van der Waals surface area contributed by atoms with Gasteiger partial charge in [-0.1, -0.05) is 84.9 Å². The predicted octanol–water partition coefficient (Wildman–Crippen LogP) is 4.34. The Balaban J connectivity index is 1.35. The van der Waals surface area contributed by atoms with E-state index in [2.05, 4.69) is 28.1 Å². The number of carbonyl (C=O) groups excluding carboxylic acids is 3. The highest BCUT2D eigenvalue weighted by molar-refractivity contribution is 5.93. The Morgan fingerprint density at radius 1 is 0.718 bits per heavy atom. The molecule has 1 saturated heterocycles. The molecule has 0 bridgehead atoms. The van der Waals surface area contributed by atoms with Crippen molar-refractivity contribution in [3.8, 4) is 0 Å². The topological polar surface area (TPSA) is 87.3 Å². The summed E-state index contributed by atoms with van der Waals surface area (Å²) in [4.78, 5) is 39.5. The second-order valence-electron chi connectivity index (χ2n) is 10.5. The fourth-order valence-corrected chi connectivity index (χ4v) is 5.35. The minimum atomic E-state index is -0.785. The number of hydrogen-bond donors (Lipinski definition) is 3. The molecule has 4 aromatic carbocycles. The fraction of sp³-hybridized carbons (Fsp3) is 0.303. The van der Waals surface area contributed by atoms with Crippen molar-refractivity contribution in [2.45, 2.75) is 44.7 Å². The van der Waals surface area contributed by atoms with Gasteiger partial charge in [0.1, 0.15) is 6.04 Å². The second-order valence-corrected chi connectivity index (χ2v) is 10.5. The van der Waals surface area contributed by atoms with Crippen LogP contribution in [0.4, 0.5) is 0 Å². The van der Waals surface area contributed by atoms with Gasteiger partial charge in [-0.15, -0.1) is 0 Å². The highest BCUT2D eigenvalue weighted by Crippen LogP contribution is 2.19. The van der Waals surface area contributed by atoms with E-state index in [-0.39, 0.29) is 23.5 Å². The summed E-state index contributed by atoms with van der Waals surface area (Å²) in [5.74, 6) is -0.692. The number of amides is 2. The summed E-state index contributed by atoms with van der Waals surface area (Å²) >= 11 is 0. The molecule has 6 nitrogen and oxygen atoms in total. The zero-order valence-electron chi connectivity index (χ0n) is 22.3. The minimum absolute atomic E-state index is 0.105. The largest absolute Gasteiger partial charge is 0.344 e. The molecule has 0 spiro atoms. The molecule has 0 radical (unpaired) electrons. The van der Waals surface area contributed by atoms with Crippen LogP contribution in [-0.4, -0.2) is 42.8 Å². The molecule has 6 heteroatoms. The van der Waals surface area contributed by atoms with Crippen LogP contribution in [0, 0.1) is 5.92 Å². The summed E-state index contributed by atoms with van der Waals surface area (Å²) in [5, 5.41) is 13.7. The number of Topliss-reactive ketones (excluding diaryl/α,β-unsaturated/α-hetero) is 1. The number of fused-ring (bicyclic) bond motifs is 2. The summed E-state index contributed by atoms with van der Waals surface area (Å²) in [5.41, 5.74) is 1.92. The molecule has 2 atom stereocenters. The zero-order chi connectivity index (χ0) is 27.2. The lowest BCUT2D eigenvalue weighted by Gasteiger charge is -2.26. The molecule has 39 heavy (non-hydrogen) atoms. The van der Waals surface area contributed by atoms with E-state index >= 15 is 0 Å². The highest BCUT2D eigenvalue weighted by atomic mass is 16.2. The van der Waals surface area contributed by atoms with E-state index in [1.807, 2.05) is 72.8 Å². The maximum atomic E-state index is 13.7. The molecule has 3 N–H and O–H groups in total. The van der Waals surface area contributed by atoms with E-state index in [9.17, 15) is 14.4 Å². The van der Waals surface area contributed by atoms with Crippen LogP contribution in [0.2, 0.25) is 0 Å². The van der Waals surface area contributed by atoms with Crippen LogP contribution in [0.5, 0.6) is 0 Å². The van der Waals surface area contributed by atoms with Gasteiger partial charge >= 0.3 is 0 Å². The fourth-order valence-electron chi connectivity index (χ4n) is 5.35. The molecule has 1 heterocycles. The van der Waals surface area contributed by atoms with E-state index in [1.54, 1.807) is 0 Å². The molecule has 1 aliphatic rings. The van der Waals surface area contributed by atoms with E-state index in [0.29, 0.717) is 12.8 Å². The van der Waals surface area contributed by atoms with Gasteiger partial charge in [0.15, 0.2) is 5.78 Å². The first-order valence-corrected chi connectivity index (χ1v) is 13.7. The minimum Gasteiger partial charge on any atom is -0.344 e. The molecule has 0 aliphatic carbocycles. The SMILES string of the molecule is CC(=O)[C@@H](Cc1ccc2ccccc2c1)NC(=O)[C@@H](Cc1ccc2ccccc2c1)NC(=O)C1CCNCC1. The molecular weight excluding hydrogens is 486 g/mol. The van der Waals surface area contributed by atoms with Crippen molar-refractivity contribution in [1.29, 1.82) is 0 Å². The number of rotatable bonds is 9. The molecular formula is C33H35N3O3. The Bertz CT molecular complexity index is 1490. The van der Waals surface area contributed by atoms with Crippen molar-refractivity contribution in [3.63, 3.8) is 0 Å². The molecule has 200 valence electrons. The Hall–Kier alpha value is -4.03. The van der Waals surface area contributed by atoms with Gasteiger partial charge in [0, 0.05) is 12.3 Å². The van der Waals surface area contributed by atoms with Crippen molar-refractivity contribution in [1.82, 2.24) is 16.0 Å². The van der Waals surface area contributed by atoms with Gasteiger partial charge in [-0.3, -0.25) is 14.4 Å². The number of hydrogen-bond acceptors (Lipinski definition) is 4. The average Bonchev–Trinajstić information content (AvgIpc) is 2.96. The van der Waals surface area contributed by atoms with E-state index in [4.69, 9.17) is 0 Å². The third-order valence-electron chi connectivity index (χ3n) is 7.66. The van der Waals surface area contributed by atoms with Gasteiger partial charge in [0.25, 0.3) is 0 Å². The van der Waals surface area contributed by atoms with Crippen molar-refractivity contribution in [2.75, 3.05) is 13.1 Å². The second kappa shape index (κ2) is 12.2. The van der Waals surface area contributed by atoms with Gasteiger partial charge in [0.2, 0.25) is 11.8 Å². The van der Waals surface area contributed by atoms with E-state index in [0.717, 1.165) is 58.6 Å². The molecule has 1 aliphatic heterocycles. The van der Waals surface area contributed by atoms with Crippen LogP contribution >= 0.6 is 0 Å². The molecule has 2 amide bonds. The van der Waals surface area contributed by atoms with Crippen molar-refractivity contribution < 1.29 is 14.4 Å². The molecule has 5 rings (SSSR count).